The number of hydrogen-bond acceptors (Lipinski definition) is 5. The fourth-order valence-corrected chi connectivity index (χ4v) is 4.03. The number of halogens is 3. The molecule has 1 unspecified atom stereocenters. The number of pyridine rings is 1. The topological polar surface area (TPSA) is 63.7 Å². The molecule has 1 aromatic heterocycles. The van der Waals surface area contributed by atoms with Crippen LogP contribution >= 0.6 is 0 Å². The zero-order valence-corrected chi connectivity index (χ0v) is 17.4. The lowest BCUT2D eigenvalue weighted by atomic mass is 10.1. The number of rotatable bonds is 5. The van der Waals surface area contributed by atoms with Gasteiger partial charge in [-0.3, -0.25) is 9.78 Å². The smallest absolute Gasteiger partial charge is 0.416 e. The van der Waals surface area contributed by atoms with Gasteiger partial charge in [-0.2, -0.15) is 13.2 Å². The summed E-state index contributed by atoms with van der Waals surface area (Å²) < 4.78 is 51.9. The highest BCUT2D eigenvalue weighted by atomic mass is 19.4. The van der Waals surface area contributed by atoms with E-state index in [9.17, 15) is 18.0 Å². The van der Waals surface area contributed by atoms with Gasteiger partial charge >= 0.3 is 6.18 Å². The van der Waals surface area contributed by atoms with E-state index < -0.39 is 18.0 Å². The molecule has 3 aromatic rings. The van der Waals surface area contributed by atoms with E-state index in [1.807, 2.05) is 0 Å². The molecule has 170 valence electrons. The first-order chi connectivity index (χ1) is 15.9. The number of nitrogens with one attached hydrogen (secondary N) is 1. The highest BCUT2D eigenvalue weighted by Crippen LogP contribution is 2.39. The maximum atomic E-state index is 13.6. The molecule has 3 heterocycles. The van der Waals surface area contributed by atoms with Crippen molar-refractivity contribution in [3.05, 3.63) is 77.6 Å². The second-order valence-corrected chi connectivity index (χ2v) is 7.87. The second kappa shape index (κ2) is 8.40. The third-order valence-electron chi connectivity index (χ3n) is 5.58. The van der Waals surface area contributed by atoms with Gasteiger partial charge in [-0.05, 0) is 42.3 Å². The maximum absolute atomic E-state index is 13.6. The number of carbonyl (C=O) groups is 1. The summed E-state index contributed by atoms with van der Waals surface area (Å²) in [5, 5.41) is 3.19. The summed E-state index contributed by atoms with van der Waals surface area (Å²) in [6.07, 6.45) is -0.554. The first-order valence-corrected chi connectivity index (χ1v) is 10.5. The fraction of sp³-hybridized carbons (Fsp3) is 0.250. The van der Waals surface area contributed by atoms with Crippen molar-refractivity contribution < 1.29 is 27.4 Å². The normalized spacial score (nSPS) is 17.8. The van der Waals surface area contributed by atoms with Gasteiger partial charge in [0.05, 0.1) is 30.0 Å². The molecule has 0 saturated carbocycles. The van der Waals surface area contributed by atoms with Crippen molar-refractivity contribution in [3.8, 4) is 5.75 Å². The Hall–Kier alpha value is -3.59. The van der Waals surface area contributed by atoms with Crippen molar-refractivity contribution in [2.24, 2.45) is 0 Å². The van der Waals surface area contributed by atoms with E-state index in [4.69, 9.17) is 9.47 Å². The summed E-state index contributed by atoms with van der Waals surface area (Å²) >= 11 is 0. The molecule has 1 fully saturated rings. The van der Waals surface area contributed by atoms with Gasteiger partial charge in [0.1, 0.15) is 5.75 Å². The Morgan fingerprint density at radius 1 is 1.12 bits per heavy atom. The third kappa shape index (κ3) is 4.36. The molecule has 0 spiro atoms. The van der Waals surface area contributed by atoms with Crippen LogP contribution < -0.4 is 15.0 Å². The largest absolute Gasteiger partial charge is 0.465 e. The number of alkyl halides is 3. The van der Waals surface area contributed by atoms with E-state index in [0.717, 1.165) is 29.8 Å². The summed E-state index contributed by atoms with van der Waals surface area (Å²) in [5.41, 5.74) is 1.71. The number of amides is 1. The van der Waals surface area contributed by atoms with Gasteiger partial charge in [-0.1, -0.05) is 12.1 Å². The number of nitrogens with zero attached hydrogens (tertiary/aromatic N) is 2. The number of aromatic nitrogens is 1. The van der Waals surface area contributed by atoms with Crippen molar-refractivity contribution >= 4 is 23.0 Å². The van der Waals surface area contributed by atoms with Crippen molar-refractivity contribution in [2.75, 3.05) is 16.8 Å². The zero-order chi connectivity index (χ0) is 23.0. The number of carbonyl (C=O) groups excluding carboxylic acids is 1. The van der Waals surface area contributed by atoms with Crippen molar-refractivity contribution in [3.63, 3.8) is 0 Å². The van der Waals surface area contributed by atoms with Crippen molar-refractivity contribution in [2.45, 2.75) is 31.9 Å². The molecule has 0 bridgehead atoms. The number of fused-ring (bicyclic) bond motifs is 1. The lowest BCUT2D eigenvalue weighted by Crippen LogP contribution is -2.24. The maximum Gasteiger partial charge on any atom is 0.416 e. The molecule has 0 aliphatic carbocycles. The Labute approximate surface area is 188 Å². The molecule has 6 nitrogen and oxygen atoms in total. The molecule has 2 aromatic carbocycles. The van der Waals surface area contributed by atoms with Gasteiger partial charge in [-0.15, -0.1) is 0 Å². The third-order valence-corrected chi connectivity index (χ3v) is 5.58. The predicted octanol–water partition coefficient (Wildman–Crippen LogP) is 5.52. The van der Waals surface area contributed by atoms with Crippen LogP contribution in [0.15, 0.2) is 60.9 Å². The molecule has 1 atom stereocenters. The predicted molar refractivity (Wildman–Crippen MR) is 116 cm³/mol. The lowest BCUT2D eigenvalue weighted by Gasteiger charge is -2.21. The second-order valence-electron chi connectivity index (χ2n) is 7.87. The van der Waals surface area contributed by atoms with Gasteiger partial charge in [0, 0.05) is 36.3 Å². The number of hydrogen-bond donors (Lipinski definition) is 1. The summed E-state index contributed by atoms with van der Waals surface area (Å²) in [4.78, 5) is 18.7. The van der Waals surface area contributed by atoms with E-state index in [2.05, 4.69) is 10.3 Å². The molecule has 1 saturated heterocycles. The minimum absolute atomic E-state index is 0.0191. The monoisotopic (exact) mass is 455 g/mol. The molecule has 9 heteroatoms. The van der Waals surface area contributed by atoms with Gasteiger partial charge in [0.15, 0.2) is 6.29 Å². The molecule has 2 aliphatic rings. The van der Waals surface area contributed by atoms with Gasteiger partial charge in [-0.25, -0.2) is 0 Å². The van der Waals surface area contributed by atoms with Gasteiger partial charge in [0.25, 0.3) is 5.91 Å². The Balaban J connectivity index is 1.48. The van der Waals surface area contributed by atoms with E-state index in [0.29, 0.717) is 24.3 Å². The molecule has 33 heavy (non-hydrogen) atoms. The first-order valence-electron chi connectivity index (χ1n) is 10.5. The number of ether oxygens (including phenoxy) is 2. The Kier molecular flexibility index (Phi) is 5.41. The van der Waals surface area contributed by atoms with E-state index in [-0.39, 0.29) is 23.9 Å². The first kappa shape index (κ1) is 21.3. The lowest BCUT2D eigenvalue weighted by molar-refractivity contribution is -0.137. The van der Waals surface area contributed by atoms with Gasteiger partial charge < -0.3 is 19.7 Å². The van der Waals surface area contributed by atoms with Crippen LogP contribution in [0, 0.1) is 0 Å². The summed E-state index contributed by atoms with van der Waals surface area (Å²) in [5.74, 6) is -0.366. The Bertz CT molecular complexity index is 1180. The Morgan fingerprint density at radius 3 is 2.67 bits per heavy atom. The average molecular weight is 455 g/mol. The van der Waals surface area contributed by atoms with Crippen molar-refractivity contribution in [1.82, 2.24) is 4.98 Å². The molecule has 1 amide bonds. The fourth-order valence-electron chi connectivity index (χ4n) is 4.03. The van der Waals surface area contributed by atoms with E-state index >= 15 is 0 Å². The highest BCUT2D eigenvalue weighted by molar-refractivity contribution is 6.13. The van der Waals surface area contributed by atoms with Crippen LogP contribution in [0.25, 0.3) is 0 Å². The SMILES string of the molecule is O=C1c2c(cccc2Nc2ccncc2)CN1c1cc(OC2CCCO2)cc(C(F)(F)F)c1. The summed E-state index contributed by atoms with van der Waals surface area (Å²) in [7, 11) is 0. The van der Waals surface area contributed by atoms with Crippen LogP contribution in [-0.4, -0.2) is 23.8 Å². The van der Waals surface area contributed by atoms with E-state index in [1.54, 1.807) is 42.7 Å². The van der Waals surface area contributed by atoms with Crippen LogP contribution in [0.1, 0.15) is 34.3 Å². The molecule has 1 N–H and O–H groups in total. The standard InChI is InChI=1S/C24H20F3N3O3/c25-24(26,27)16-11-18(13-19(12-16)33-21-5-2-10-32-21)30-14-15-3-1-4-20(22(15)23(30)31)29-17-6-8-28-9-7-17/h1,3-4,6-9,11-13,21H,2,5,10,14H2,(H,28,29). The van der Waals surface area contributed by atoms with E-state index in [1.165, 1.54) is 11.0 Å². The van der Waals surface area contributed by atoms with Crippen LogP contribution in [0.2, 0.25) is 0 Å². The van der Waals surface area contributed by atoms with Crippen LogP contribution in [0.4, 0.5) is 30.2 Å². The molecular formula is C24H20F3N3O3. The molecule has 2 aliphatic heterocycles. The van der Waals surface area contributed by atoms with Crippen molar-refractivity contribution in [1.29, 1.82) is 0 Å². The minimum atomic E-state index is -4.59. The van der Waals surface area contributed by atoms with Gasteiger partial charge in [0.2, 0.25) is 0 Å². The molecular weight excluding hydrogens is 435 g/mol. The zero-order valence-electron chi connectivity index (χ0n) is 17.4. The quantitative estimate of drug-likeness (QED) is 0.549. The molecule has 0 radical (unpaired) electrons. The Morgan fingerprint density at radius 2 is 1.94 bits per heavy atom. The van der Waals surface area contributed by atoms with Crippen LogP contribution in [-0.2, 0) is 17.5 Å². The summed E-state index contributed by atoms with van der Waals surface area (Å²) in [6.45, 7) is 0.657. The number of anilines is 3. The summed E-state index contributed by atoms with van der Waals surface area (Å²) in [6, 6.07) is 12.3. The van der Waals surface area contributed by atoms with Crippen LogP contribution in [0.3, 0.4) is 0 Å². The minimum Gasteiger partial charge on any atom is -0.465 e. The molecule has 5 rings (SSSR count). The van der Waals surface area contributed by atoms with Crippen LogP contribution in [0.5, 0.6) is 5.75 Å². The highest BCUT2D eigenvalue weighted by Gasteiger charge is 2.36. The average Bonchev–Trinajstić information content (AvgIpc) is 3.42. The number of benzene rings is 2.